The van der Waals surface area contributed by atoms with Crippen molar-refractivity contribution in [3.05, 3.63) is 49.6 Å². The van der Waals surface area contributed by atoms with E-state index in [0.29, 0.717) is 14.5 Å². The van der Waals surface area contributed by atoms with Gasteiger partial charge in [-0.2, -0.15) is 13.2 Å². The first-order valence-electron chi connectivity index (χ1n) is 5.65. The first-order chi connectivity index (χ1) is 9.25. The van der Waals surface area contributed by atoms with E-state index in [0.717, 1.165) is 17.0 Å². The minimum Gasteiger partial charge on any atom is -0.378 e. The highest BCUT2D eigenvalue weighted by Crippen LogP contribution is 2.35. The summed E-state index contributed by atoms with van der Waals surface area (Å²) in [5.41, 5.74) is -0.283. The molecule has 0 saturated heterocycles. The average Bonchev–Trinajstić information content (AvgIpc) is 2.74. The van der Waals surface area contributed by atoms with E-state index < -0.39 is 11.7 Å². The Bertz CT molecular complexity index is 612. The summed E-state index contributed by atoms with van der Waals surface area (Å²) in [4.78, 5) is 0.962. The first-order valence-corrected chi connectivity index (χ1v) is 7.64. The number of alkyl halides is 3. The average molecular weight is 385 g/mol. The molecule has 7 heteroatoms. The molecule has 0 aliphatic heterocycles. The van der Waals surface area contributed by atoms with Crippen molar-refractivity contribution in [2.75, 3.05) is 5.32 Å². The second-order valence-corrected chi connectivity index (χ2v) is 6.90. The highest BCUT2D eigenvalue weighted by atomic mass is 79.9. The number of thiophene rings is 1. The Labute approximate surface area is 131 Å². The van der Waals surface area contributed by atoms with Crippen molar-refractivity contribution >= 4 is 44.6 Å². The number of nitrogens with one attached hydrogen (secondary N) is 1. The van der Waals surface area contributed by atoms with Crippen LogP contribution >= 0.6 is 38.9 Å². The van der Waals surface area contributed by atoms with Crippen LogP contribution in [-0.2, 0) is 6.18 Å². The van der Waals surface area contributed by atoms with Crippen LogP contribution in [0.15, 0.2) is 34.8 Å². The Morgan fingerprint density at radius 2 is 1.95 bits per heavy atom. The number of anilines is 1. The van der Waals surface area contributed by atoms with Gasteiger partial charge in [-0.25, -0.2) is 0 Å². The fourth-order valence-electron chi connectivity index (χ4n) is 1.72. The molecule has 0 saturated carbocycles. The summed E-state index contributed by atoms with van der Waals surface area (Å²) in [5.74, 6) is 0. The standard InChI is InChI=1S/C13H10BrClF3NS/c1-7(11-2-3-12(15)20-11)19-10-5-8(13(16,17)18)4-9(14)6-10/h2-7,19H,1H3. The van der Waals surface area contributed by atoms with Crippen LogP contribution in [0.2, 0.25) is 4.34 Å². The van der Waals surface area contributed by atoms with E-state index in [4.69, 9.17) is 11.6 Å². The molecular formula is C13H10BrClF3NS. The number of hydrogen-bond acceptors (Lipinski definition) is 2. The molecule has 0 aliphatic carbocycles. The van der Waals surface area contributed by atoms with E-state index in [-0.39, 0.29) is 6.04 Å². The van der Waals surface area contributed by atoms with Crippen LogP contribution in [0.5, 0.6) is 0 Å². The van der Waals surface area contributed by atoms with Gasteiger partial charge in [0.15, 0.2) is 0 Å². The number of halogens is 5. The molecule has 20 heavy (non-hydrogen) atoms. The number of hydrogen-bond donors (Lipinski definition) is 1. The third-order valence-corrected chi connectivity index (χ3v) is 4.50. The molecule has 1 aromatic heterocycles. The Morgan fingerprint density at radius 1 is 1.25 bits per heavy atom. The minimum absolute atomic E-state index is 0.122. The van der Waals surface area contributed by atoms with Gasteiger partial charge in [0.1, 0.15) is 0 Å². The van der Waals surface area contributed by atoms with Gasteiger partial charge in [-0.05, 0) is 37.3 Å². The smallest absolute Gasteiger partial charge is 0.378 e. The van der Waals surface area contributed by atoms with Gasteiger partial charge in [0.25, 0.3) is 0 Å². The molecule has 1 nitrogen and oxygen atoms in total. The summed E-state index contributed by atoms with van der Waals surface area (Å²) in [6, 6.07) is 7.26. The van der Waals surface area contributed by atoms with Crippen molar-refractivity contribution in [1.29, 1.82) is 0 Å². The van der Waals surface area contributed by atoms with Crippen LogP contribution in [0.4, 0.5) is 18.9 Å². The summed E-state index contributed by atoms with van der Waals surface area (Å²) in [6.45, 7) is 1.87. The molecular weight excluding hydrogens is 375 g/mol. The van der Waals surface area contributed by atoms with Crippen LogP contribution in [0.25, 0.3) is 0 Å². The molecule has 0 spiro atoms. The summed E-state index contributed by atoms with van der Waals surface area (Å²) < 4.78 is 39.3. The Hall–Kier alpha value is -0.720. The van der Waals surface area contributed by atoms with Gasteiger partial charge in [0.05, 0.1) is 15.9 Å². The van der Waals surface area contributed by atoms with Crippen molar-refractivity contribution < 1.29 is 13.2 Å². The van der Waals surface area contributed by atoms with Gasteiger partial charge >= 0.3 is 6.18 Å². The topological polar surface area (TPSA) is 12.0 Å². The number of rotatable bonds is 3. The zero-order valence-electron chi connectivity index (χ0n) is 10.3. The van der Waals surface area contributed by atoms with Crippen LogP contribution in [0, 0.1) is 0 Å². The second-order valence-electron chi connectivity index (χ2n) is 4.23. The lowest BCUT2D eigenvalue weighted by Gasteiger charge is -2.16. The Kier molecular flexibility index (Phi) is 4.66. The van der Waals surface area contributed by atoms with E-state index in [1.54, 1.807) is 12.1 Å². The lowest BCUT2D eigenvalue weighted by atomic mass is 10.1. The lowest BCUT2D eigenvalue weighted by Crippen LogP contribution is -2.08. The van der Waals surface area contributed by atoms with Crippen LogP contribution in [0.3, 0.4) is 0 Å². The molecule has 0 fully saturated rings. The molecule has 2 rings (SSSR count). The molecule has 1 unspecified atom stereocenters. The maximum Gasteiger partial charge on any atom is 0.416 e. The third-order valence-electron chi connectivity index (χ3n) is 2.63. The zero-order chi connectivity index (χ0) is 14.9. The summed E-state index contributed by atoms with van der Waals surface area (Å²) in [7, 11) is 0. The molecule has 0 bridgehead atoms. The molecule has 0 radical (unpaired) electrons. The third kappa shape index (κ3) is 3.90. The van der Waals surface area contributed by atoms with Crippen molar-refractivity contribution in [2.45, 2.75) is 19.1 Å². The molecule has 2 aromatic rings. The molecule has 0 aliphatic rings. The maximum atomic E-state index is 12.7. The van der Waals surface area contributed by atoms with Crippen molar-refractivity contribution in [2.24, 2.45) is 0 Å². The van der Waals surface area contributed by atoms with E-state index in [2.05, 4.69) is 21.2 Å². The summed E-state index contributed by atoms with van der Waals surface area (Å²) in [6.07, 6.45) is -4.37. The molecule has 1 aromatic carbocycles. The highest BCUT2D eigenvalue weighted by Gasteiger charge is 2.31. The predicted octanol–water partition coefficient (Wildman–Crippen LogP) is 6.36. The van der Waals surface area contributed by atoms with Gasteiger partial charge in [-0.15, -0.1) is 11.3 Å². The van der Waals surface area contributed by atoms with Gasteiger partial charge in [-0.1, -0.05) is 27.5 Å². The zero-order valence-corrected chi connectivity index (χ0v) is 13.4. The van der Waals surface area contributed by atoms with E-state index in [1.807, 2.05) is 13.0 Å². The second kappa shape index (κ2) is 5.95. The van der Waals surface area contributed by atoms with Gasteiger partial charge in [0.2, 0.25) is 0 Å². The van der Waals surface area contributed by atoms with Gasteiger partial charge in [0, 0.05) is 15.0 Å². The molecule has 1 atom stereocenters. The predicted molar refractivity (Wildman–Crippen MR) is 80.5 cm³/mol. The quantitative estimate of drug-likeness (QED) is 0.649. The maximum absolute atomic E-state index is 12.7. The SMILES string of the molecule is CC(Nc1cc(Br)cc(C(F)(F)F)c1)c1ccc(Cl)s1. The minimum atomic E-state index is -4.37. The fraction of sp³-hybridized carbons (Fsp3) is 0.231. The van der Waals surface area contributed by atoms with Crippen LogP contribution < -0.4 is 5.32 Å². The Balaban J connectivity index is 2.23. The van der Waals surface area contributed by atoms with Crippen molar-refractivity contribution in [3.8, 4) is 0 Å². The normalized spacial score (nSPS) is 13.3. The fourth-order valence-corrected chi connectivity index (χ4v) is 3.28. The van der Waals surface area contributed by atoms with Crippen LogP contribution in [0.1, 0.15) is 23.4 Å². The Morgan fingerprint density at radius 3 is 2.50 bits per heavy atom. The van der Waals surface area contributed by atoms with E-state index >= 15 is 0 Å². The molecule has 108 valence electrons. The van der Waals surface area contributed by atoms with Crippen molar-refractivity contribution in [1.82, 2.24) is 0 Å². The molecule has 1 heterocycles. The van der Waals surface area contributed by atoms with Crippen LogP contribution in [-0.4, -0.2) is 0 Å². The molecule has 1 N–H and O–H groups in total. The summed E-state index contributed by atoms with van der Waals surface area (Å²) >= 11 is 10.3. The van der Waals surface area contributed by atoms with Gasteiger partial charge in [-0.3, -0.25) is 0 Å². The summed E-state index contributed by atoms with van der Waals surface area (Å²) in [5, 5.41) is 3.05. The molecule has 0 amide bonds. The first kappa shape index (κ1) is 15.7. The van der Waals surface area contributed by atoms with Crippen molar-refractivity contribution in [3.63, 3.8) is 0 Å². The monoisotopic (exact) mass is 383 g/mol. The number of benzene rings is 1. The lowest BCUT2D eigenvalue weighted by molar-refractivity contribution is -0.137. The van der Waals surface area contributed by atoms with Gasteiger partial charge < -0.3 is 5.32 Å². The largest absolute Gasteiger partial charge is 0.416 e. The van der Waals surface area contributed by atoms with E-state index in [9.17, 15) is 13.2 Å². The van der Waals surface area contributed by atoms with E-state index in [1.165, 1.54) is 11.3 Å². The highest BCUT2D eigenvalue weighted by molar-refractivity contribution is 9.10.